The number of anilines is 1. The zero-order valence-corrected chi connectivity index (χ0v) is 16.5. The van der Waals surface area contributed by atoms with E-state index in [1.165, 1.54) is 12.8 Å². The molecule has 0 spiro atoms. The highest BCUT2D eigenvalue weighted by atomic mass is 16.2. The van der Waals surface area contributed by atoms with Crippen LogP contribution in [-0.4, -0.2) is 42.9 Å². The molecule has 1 aromatic carbocycles. The molecule has 1 aromatic rings. The summed E-state index contributed by atoms with van der Waals surface area (Å²) in [5.41, 5.74) is 1.96. The van der Waals surface area contributed by atoms with Gasteiger partial charge in [-0.15, -0.1) is 0 Å². The number of amides is 2. The molecule has 5 nitrogen and oxygen atoms in total. The van der Waals surface area contributed by atoms with Gasteiger partial charge in [0.2, 0.25) is 11.8 Å². The van der Waals surface area contributed by atoms with Crippen LogP contribution in [0.5, 0.6) is 0 Å². The number of rotatable bonds is 7. The largest absolute Gasteiger partial charge is 0.352 e. The lowest BCUT2D eigenvalue weighted by molar-refractivity contribution is -0.124. The van der Waals surface area contributed by atoms with E-state index in [1.807, 2.05) is 24.3 Å². The van der Waals surface area contributed by atoms with E-state index < -0.39 is 0 Å². The summed E-state index contributed by atoms with van der Waals surface area (Å²) in [6, 6.07) is 8.06. The van der Waals surface area contributed by atoms with Crippen LogP contribution < -0.4 is 10.6 Å². The molecular weight excluding hydrogens is 326 g/mol. The minimum atomic E-state index is -0.0964. The second-order valence-electron chi connectivity index (χ2n) is 7.67. The number of nitrogens with zero attached hydrogens (tertiary/aromatic N) is 1. The van der Waals surface area contributed by atoms with E-state index in [9.17, 15) is 9.59 Å². The van der Waals surface area contributed by atoms with E-state index in [-0.39, 0.29) is 30.9 Å². The Morgan fingerprint density at radius 1 is 1.12 bits per heavy atom. The lowest BCUT2D eigenvalue weighted by Crippen LogP contribution is -2.47. The van der Waals surface area contributed by atoms with Gasteiger partial charge in [0.05, 0.1) is 13.1 Å². The standard InChI is InChI=1S/C21H33N3O2/c1-5-17-10-6-7-11-19(17)23-21(26)14-24(4)13-20(25)22-18-12-8-9-15(2)16(18)3/h6-7,10-11,15-16,18H,5,8-9,12-14H2,1-4H3,(H,22,25)(H,23,26)/t15-,16+,18+/m0/s1. The molecule has 2 N–H and O–H groups in total. The average molecular weight is 360 g/mol. The van der Waals surface area contributed by atoms with Crippen molar-refractivity contribution >= 4 is 17.5 Å². The Balaban J connectivity index is 1.79. The van der Waals surface area contributed by atoms with Gasteiger partial charge in [-0.05, 0) is 43.4 Å². The molecule has 0 aromatic heterocycles. The molecule has 1 fully saturated rings. The summed E-state index contributed by atoms with van der Waals surface area (Å²) < 4.78 is 0. The van der Waals surface area contributed by atoms with E-state index in [0.29, 0.717) is 11.8 Å². The van der Waals surface area contributed by atoms with Crippen molar-refractivity contribution in [2.24, 2.45) is 11.8 Å². The summed E-state index contributed by atoms with van der Waals surface area (Å²) >= 11 is 0. The van der Waals surface area contributed by atoms with Crippen molar-refractivity contribution in [3.8, 4) is 0 Å². The maximum atomic E-state index is 12.3. The Morgan fingerprint density at radius 2 is 1.81 bits per heavy atom. The second-order valence-corrected chi connectivity index (χ2v) is 7.67. The average Bonchev–Trinajstić information content (AvgIpc) is 2.59. The molecule has 2 amide bonds. The molecule has 2 rings (SSSR count). The first-order valence-corrected chi connectivity index (χ1v) is 9.76. The van der Waals surface area contributed by atoms with Gasteiger partial charge in [-0.3, -0.25) is 14.5 Å². The molecule has 0 saturated heterocycles. The molecule has 0 radical (unpaired) electrons. The van der Waals surface area contributed by atoms with Crippen molar-refractivity contribution in [2.75, 3.05) is 25.5 Å². The minimum Gasteiger partial charge on any atom is -0.352 e. The van der Waals surface area contributed by atoms with Crippen molar-refractivity contribution in [2.45, 2.75) is 52.5 Å². The summed E-state index contributed by atoms with van der Waals surface area (Å²) in [5.74, 6) is 1.06. The quantitative estimate of drug-likeness (QED) is 0.786. The molecule has 5 heteroatoms. The SMILES string of the molecule is CCc1ccccc1NC(=O)CN(C)CC(=O)N[C@@H]1CCC[C@H](C)[C@H]1C. The van der Waals surface area contributed by atoms with Crippen molar-refractivity contribution < 1.29 is 9.59 Å². The van der Waals surface area contributed by atoms with Gasteiger partial charge in [0.15, 0.2) is 0 Å². The fraction of sp³-hybridized carbons (Fsp3) is 0.619. The van der Waals surface area contributed by atoms with Gasteiger partial charge >= 0.3 is 0 Å². The molecule has 0 bridgehead atoms. The summed E-state index contributed by atoms with van der Waals surface area (Å²) in [6.07, 6.45) is 4.33. The molecule has 0 aliphatic heterocycles. The van der Waals surface area contributed by atoms with E-state index in [0.717, 1.165) is 24.1 Å². The summed E-state index contributed by atoms with van der Waals surface area (Å²) in [6.45, 7) is 6.97. The van der Waals surface area contributed by atoms with Gasteiger partial charge in [-0.2, -0.15) is 0 Å². The Bertz CT molecular complexity index is 617. The van der Waals surface area contributed by atoms with Gasteiger partial charge in [0, 0.05) is 11.7 Å². The number of para-hydroxylation sites is 1. The van der Waals surface area contributed by atoms with Gasteiger partial charge < -0.3 is 10.6 Å². The van der Waals surface area contributed by atoms with Gasteiger partial charge in [-0.1, -0.05) is 51.8 Å². The first-order valence-electron chi connectivity index (χ1n) is 9.76. The third-order valence-corrected chi connectivity index (χ3v) is 5.55. The zero-order valence-electron chi connectivity index (χ0n) is 16.5. The topological polar surface area (TPSA) is 61.4 Å². The summed E-state index contributed by atoms with van der Waals surface area (Å²) in [5, 5.41) is 6.11. The predicted octanol–water partition coefficient (Wildman–Crippen LogP) is 3.06. The van der Waals surface area contributed by atoms with Crippen molar-refractivity contribution in [1.82, 2.24) is 10.2 Å². The number of carbonyl (C=O) groups is 2. The third kappa shape index (κ3) is 5.84. The van der Waals surface area contributed by atoms with E-state index >= 15 is 0 Å². The first kappa shape index (κ1) is 20.4. The molecule has 144 valence electrons. The highest BCUT2D eigenvalue weighted by Crippen LogP contribution is 2.29. The predicted molar refractivity (Wildman–Crippen MR) is 106 cm³/mol. The number of carbonyl (C=O) groups excluding carboxylic acids is 2. The van der Waals surface area contributed by atoms with Crippen molar-refractivity contribution in [1.29, 1.82) is 0 Å². The Labute approximate surface area is 157 Å². The monoisotopic (exact) mass is 359 g/mol. The van der Waals surface area contributed by atoms with Gasteiger partial charge in [-0.25, -0.2) is 0 Å². The first-order chi connectivity index (χ1) is 12.4. The van der Waals surface area contributed by atoms with Crippen LogP contribution in [0.3, 0.4) is 0 Å². The molecular formula is C21H33N3O2. The molecule has 1 aliphatic rings. The third-order valence-electron chi connectivity index (χ3n) is 5.55. The normalized spacial score (nSPS) is 22.9. The Morgan fingerprint density at radius 3 is 2.54 bits per heavy atom. The van der Waals surface area contributed by atoms with Crippen LogP contribution >= 0.6 is 0 Å². The molecule has 1 saturated carbocycles. The highest BCUT2D eigenvalue weighted by Gasteiger charge is 2.28. The van der Waals surface area contributed by atoms with Crippen LogP contribution in [0.1, 0.15) is 45.6 Å². The van der Waals surface area contributed by atoms with E-state index in [1.54, 1.807) is 11.9 Å². The summed E-state index contributed by atoms with van der Waals surface area (Å²) in [7, 11) is 1.80. The fourth-order valence-corrected chi connectivity index (χ4v) is 3.72. The number of hydrogen-bond donors (Lipinski definition) is 2. The smallest absolute Gasteiger partial charge is 0.238 e. The zero-order chi connectivity index (χ0) is 19.1. The van der Waals surface area contributed by atoms with Crippen LogP contribution in [0.15, 0.2) is 24.3 Å². The van der Waals surface area contributed by atoms with Crippen LogP contribution in [0.4, 0.5) is 5.69 Å². The molecule has 1 aliphatic carbocycles. The van der Waals surface area contributed by atoms with Gasteiger partial charge in [0.25, 0.3) is 0 Å². The highest BCUT2D eigenvalue weighted by molar-refractivity contribution is 5.93. The van der Waals surface area contributed by atoms with Crippen LogP contribution in [-0.2, 0) is 16.0 Å². The van der Waals surface area contributed by atoms with Crippen molar-refractivity contribution in [3.63, 3.8) is 0 Å². The lowest BCUT2D eigenvalue weighted by atomic mass is 9.78. The lowest BCUT2D eigenvalue weighted by Gasteiger charge is -2.34. The second kappa shape index (κ2) is 9.72. The fourth-order valence-electron chi connectivity index (χ4n) is 3.72. The Hall–Kier alpha value is -1.88. The minimum absolute atomic E-state index is 0.000193. The number of nitrogens with one attached hydrogen (secondary N) is 2. The van der Waals surface area contributed by atoms with Crippen LogP contribution in [0.2, 0.25) is 0 Å². The van der Waals surface area contributed by atoms with Gasteiger partial charge in [0.1, 0.15) is 0 Å². The number of likely N-dealkylation sites (N-methyl/N-ethyl adjacent to an activating group) is 1. The number of benzene rings is 1. The summed E-state index contributed by atoms with van der Waals surface area (Å²) in [4.78, 5) is 26.4. The van der Waals surface area contributed by atoms with Crippen LogP contribution in [0, 0.1) is 11.8 Å². The molecule has 3 atom stereocenters. The maximum Gasteiger partial charge on any atom is 0.238 e. The van der Waals surface area contributed by atoms with E-state index in [4.69, 9.17) is 0 Å². The Kier molecular flexibility index (Phi) is 7.64. The van der Waals surface area contributed by atoms with Crippen LogP contribution in [0.25, 0.3) is 0 Å². The maximum absolute atomic E-state index is 12.3. The van der Waals surface area contributed by atoms with Crippen molar-refractivity contribution in [3.05, 3.63) is 29.8 Å². The molecule has 0 unspecified atom stereocenters. The van der Waals surface area contributed by atoms with E-state index in [2.05, 4.69) is 31.4 Å². The number of hydrogen-bond acceptors (Lipinski definition) is 3. The number of aryl methyl sites for hydroxylation is 1. The molecule has 26 heavy (non-hydrogen) atoms. The molecule has 0 heterocycles.